The molecule has 1 heterocycles. The van der Waals surface area contributed by atoms with Gasteiger partial charge >= 0.3 is 0 Å². The number of rotatable bonds is 2. The van der Waals surface area contributed by atoms with Crippen molar-refractivity contribution in [2.24, 2.45) is 0 Å². The maximum Gasteiger partial charge on any atom is 0.124 e. The first-order valence-corrected chi connectivity index (χ1v) is 4.08. The van der Waals surface area contributed by atoms with Crippen LogP contribution < -0.4 is 5.73 Å². The summed E-state index contributed by atoms with van der Waals surface area (Å²) >= 11 is 0. The second-order valence-corrected chi connectivity index (χ2v) is 2.91. The third-order valence-electron chi connectivity index (χ3n) is 1.86. The smallest absolute Gasteiger partial charge is 0.124 e. The highest BCUT2D eigenvalue weighted by molar-refractivity contribution is 5.40. The van der Waals surface area contributed by atoms with E-state index in [-0.39, 0.29) is 0 Å². The van der Waals surface area contributed by atoms with E-state index in [0.29, 0.717) is 0 Å². The summed E-state index contributed by atoms with van der Waals surface area (Å²) in [5, 5.41) is 3.83. The van der Waals surface area contributed by atoms with E-state index in [4.69, 9.17) is 10.3 Å². The first-order chi connectivity index (χ1) is 6.34. The van der Waals surface area contributed by atoms with Crippen molar-refractivity contribution in [2.45, 2.75) is 6.42 Å². The van der Waals surface area contributed by atoms with Gasteiger partial charge in [0.05, 0.1) is 5.69 Å². The summed E-state index contributed by atoms with van der Waals surface area (Å²) in [6.45, 7) is 0. The molecule has 2 rings (SSSR count). The highest BCUT2D eigenvalue weighted by Crippen LogP contribution is 2.09. The molecular weight excluding hydrogens is 164 g/mol. The van der Waals surface area contributed by atoms with Gasteiger partial charge in [-0.15, -0.1) is 0 Å². The predicted octanol–water partition coefficient (Wildman–Crippen LogP) is 1.85. The lowest BCUT2D eigenvalue weighted by molar-refractivity contribution is 0.413. The average Bonchev–Trinajstić information content (AvgIpc) is 2.62. The summed E-state index contributed by atoms with van der Waals surface area (Å²) in [7, 11) is 0. The van der Waals surface area contributed by atoms with Crippen molar-refractivity contribution in [3.05, 3.63) is 47.9 Å². The molecule has 3 nitrogen and oxygen atoms in total. The van der Waals surface area contributed by atoms with Gasteiger partial charge in [-0.3, -0.25) is 0 Å². The van der Waals surface area contributed by atoms with Gasteiger partial charge in [-0.2, -0.15) is 0 Å². The number of anilines is 1. The van der Waals surface area contributed by atoms with Crippen LogP contribution in [-0.4, -0.2) is 5.16 Å². The second kappa shape index (κ2) is 3.31. The molecule has 0 saturated heterocycles. The first-order valence-electron chi connectivity index (χ1n) is 4.08. The number of hydrogen-bond donors (Lipinski definition) is 1. The molecule has 0 bridgehead atoms. The van der Waals surface area contributed by atoms with Gasteiger partial charge in [0.1, 0.15) is 6.26 Å². The Balaban J connectivity index is 2.15. The van der Waals surface area contributed by atoms with E-state index in [1.54, 1.807) is 6.26 Å². The summed E-state index contributed by atoms with van der Waals surface area (Å²) < 4.78 is 4.74. The van der Waals surface area contributed by atoms with Gasteiger partial charge in [-0.05, 0) is 17.7 Å². The maximum absolute atomic E-state index is 5.57. The van der Waals surface area contributed by atoms with Crippen molar-refractivity contribution in [3.63, 3.8) is 0 Å². The molecule has 0 fully saturated rings. The third kappa shape index (κ3) is 1.87. The van der Waals surface area contributed by atoms with Crippen molar-refractivity contribution in [3.8, 4) is 0 Å². The number of hydrogen-bond acceptors (Lipinski definition) is 3. The van der Waals surface area contributed by atoms with Crippen LogP contribution in [0.4, 0.5) is 5.69 Å². The number of benzene rings is 1. The molecule has 0 unspecified atom stereocenters. The molecule has 2 aromatic rings. The Morgan fingerprint density at radius 2 is 1.92 bits per heavy atom. The quantitative estimate of drug-likeness (QED) is 0.707. The largest absolute Gasteiger partial charge is 0.399 e. The zero-order valence-corrected chi connectivity index (χ0v) is 7.10. The molecule has 0 saturated carbocycles. The van der Waals surface area contributed by atoms with E-state index in [1.165, 1.54) is 5.56 Å². The highest BCUT2D eigenvalue weighted by atomic mass is 16.5. The highest BCUT2D eigenvalue weighted by Gasteiger charge is 1.98. The minimum Gasteiger partial charge on any atom is -0.399 e. The summed E-state index contributed by atoms with van der Waals surface area (Å²) in [4.78, 5) is 0. The molecule has 13 heavy (non-hydrogen) atoms. The van der Waals surface area contributed by atoms with E-state index < -0.39 is 0 Å². The standard InChI is InChI=1S/C10H10N2O/c11-9-3-1-8(2-4-9)7-10-5-6-13-12-10/h1-6H,7,11H2. The normalized spacial score (nSPS) is 10.2. The molecule has 3 heteroatoms. The molecule has 0 aliphatic heterocycles. The van der Waals surface area contributed by atoms with Gasteiger partial charge in [-0.25, -0.2) is 0 Å². The van der Waals surface area contributed by atoms with Crippen LogP contribution in [0, 0.1) is 0 Å². The third-order valence-corrected chi connectivity index (χ3v) is 1.86. The molecule has 0 atom stereocenters. The minimum atomic E-state index is 0.781. The van der Waals surface area contributed by atoms with E-state index >= 15 is 0 Å². The number of nitrogens with two attached hydrogens (primary N) is 1. The lowest BCUT2D eigenvalue weighted by atomic mass is 10.1. The predicted molar refractivity (Wildman–Crippen MR) is 50.2 cm³/mol. The fraction of sp³-hybridized carbons (Fsp3) is 0.100. The summed E-state index contributed by atoms with van der Waals surface area (Å²) in [6, 6.07) is 9.61. The van der Waals surface area contributed by atoms with Crippen LogP contribution in [0.25, 0.3) is 0 Å². The van der Waals surface area contributed by atoms with Crippen molar-refractivity contribution >= 4 is 5.69 Å². The van der Waals surface area contributed by atoms with Crippen LogP contribution in [0.1, 0.15) is 11.3 Å². The molecule has 66 valence electrons. The Bertz CT molecular complexity index is 364. The van der Waals surface area contributed by atoms with Crippen molar-refractivity contribution in [1.82, 2.24) is 5.16 Å². The fourth-order valence-corrected chi connectivity index (χ4v) is 1.17. The Morgan fingerprint density at radius 3 is 2.54 bits per heavy atom. The average molecular weight is 174 g/mol. The molecular formula is C10H10N2O. The van der Waals surface area contributed by atoms with E-state index in [1.807, 2.05) is 30.3 Å². The van der Waals surface area contributed by atoms with Gasteiger partial charge in [0.15, 0.2) is 0 Å². The summed E-state index contributed by atoms with van der Waals surface area (Å²) in [5.74, 6) is 0. The lowest BCUT2D eigenvalue weighted by Crippen LogP contribution is -1.89. The van der Waals surface area contributed by atoms with Crippen LogP contribution in [-0.2, 0) is 6.42 Å². The van der Waals surface area contributed by atoms with Gasteiger partial charge in [0, 0.05) is 18.2 Å². The summed E-state index contributed by atoms with van der Waals surface area (Å²) in [6.07, 6.45) is 2.36. The van der Waals surface area contributed by atoms with Gasteiger partial charge in [-0.1, -0.05) is 17.3 Å². The zero-order valence-electron chi connectivity index (χ0n) is 7.10. The fourth-order valence-electron chi connectivity index (χ4n) is 1.17. The molecule has 0 amide bonds. The molecule has 2 N–H and O–H groups in total. The number of nitrogens with zero attached hydrogens (tertiary/aromatic N) is 1. The molecule has 1 aromatic heterocycles. The number of nitrogen functional groups attached to an aromatic ring is 1. The zero-order chi connectivity index (χ0) is 9.10. The monoisotopic (exact) mass is 174 g/mol. The van der Waals surface area contributed by atoms with E-state index in [2.05, 4.69) is 5.16 Å². The Kier molecular flexibility index (Phi) is 2.00. The van der Waals surface area contributed by atoms with Crippen LogP contribution in [0.15, 0.2) is 41.1 Å². The lowest BCUT2D eigenvalue weighted by Gasteiger charge is -1.97. The van der Waals surface area contributed by atoms with E-state index in [0.717, 1.165) is 17.8 Å². The number of aromatic nitrogens is 1. The molecule has 0 aliphatic rings. The van der Waals surface area contributed by atoms with Gasteiger partial charge in [0.2, 0.25) is 0 Å². The molecule has 1 aromatic carbocycles. The van der Waals surface area contributed by atoms with Crippen LogP contribution >= 0.6 is 0 Å². The van der Waals surface area contributed by atoms with Crippen molar-refractivity contribution in [2.75, 3.05) is 5.73 Å². The Hall–Kier alpha value is -1.77. The first kappa shape index (κ1) is 7.86. The second-order valence-electron chi connectivity index (χ2n) is 2.91. The van der Waals surface area contributed by atoms with Crippen LogP contribution in [0.5, 0.6) is 0 Å². The van der Waals surface area contributed by atoms with Crippen molar-refractivity contribution < 1.29 is 4.52 Å². The molecule has 0 radical (unpaired) electrons. The minimum absolute atomic E-state index is 0.781. The molecule has 0 aliphatic carbocycles. The van der Waals surface area contributed by atoms with Crippen molar-refractivity contribution in [1.29, 1.82) is 0 Å². The Labute approximate surface area is 76.2 Å². The van der Waals surface area contributed by atoms with Crippen LogP contribution in [0.3, 0.4) is 0 Å². The SMILES string of the molecule is Nc1ccc(Cc2ccon2)cc1. The summed E-state index contributed by atoms with van der Waals surface area (Å²) in [5.41, 5.74) is 8.47. The van der Waals surface area contributed by atoms with Gasteiger partial charge in [0.25, 0.3) is 0 Å². The maximum atomic E-state index is 5.57. The van der Waals surface area contributed by atoms with Crippen LogP contribution in [0.2, 0.25) is 0 Å². The van der Waals surface area contributed by atoms with E-state index in [9.17, 15) is 0 Å². The Morgan fingerprint density at radius 1 is 1.15 bits per heavy atom. The topological polar surface area (TPSA) is 52.0 Å². The van der Waals surface area contributed by atoms with Gasteiger partial charge < -0.3 is 10.3 Å². The molecule has 0 spiro atoms.